The summed E-state index contributed by atoms with van der Waals surface area (Å²) < 4.78 is 0. The van der Waals surface area contributed by atoms with E-state index in [1.165, 1.54) is 5.01 Å². The number of thioether (sulfide) groups is 1. The maximum atomic E-state index is 5.45. The average Bonchev–Trinajstić information content (AvgIpc) is 2.50. The summed E-state index contributed by atoms with van der Waals surface area (Å²) in [5, 5.41) is 4.02. The van der Waals surface area contributed by atoms with Gasteiger partial charge in [0, 0.05) is 17.6 Å². The Balaban J connectivity index is 2.39. The Labute approximate surface area is 87.9 Å². The fourth-order valence-electron chi connectivity index (χ4n) is 0.916. The maximum absolute atomic E-state index is 5.45. The van der Waals surface area contributed by atoms with Crippen molar-refractivity contribution in [1.82, 2.24) is 4.98 Å². The van der Waals surface area contributed by atoms with E-state index < -0.39 is 0 Å². The predicted octanol–water partition coefficient (Wildman–Crippen LogP) is 2.29. The van der Waals surface area contributed by atoms with Gasteiger partial charge < -0.3 is 5.73 Å². The zero-order valence-corrected chi connectivity index (χ0v) is 9.75. The summed E-state index contributed by atoms with van der Waals surface area (Å²) in [6, 6.07) is 0. The highest BCUT2D eigenvalue weighted by Gasteiger charge is 2.02. The van der Waals surface area contributed by atoms with Crippen LogP contribution in [0.5, 0.6) is 0 Å². The SMILES string of the molecule is CC(C)SCc1nc(CCN)cs1. The zero-order chi connectivity index (χ0) is 9.68. The van der Waals surface area contributed by atoms with E-state index in [1.807, 2.05) is 11.8 Å². The molecule has 0 amide bonds. The van der Waals surface area contributed by atoms with Crippen molar-refractivity contribution in [2.75, 3.05) is 6.54 Å². The highest BCUT2D eigenvalue weighted by Crippen LogP contribution is 2.20. The molecule has 0 aromatic carbocycles. The number of aromatic nitrogens is 1. The molecule has 13 heavy (non-hydrogen) atoms. The monoisotopic (exact) mass is 216 g/mol. The van der Waals surface area contributed by atoms with Crippen LogP contribution < -0.4 is 5.73 Å². The molecule has 0 aliphatic carbocycles. The lowest BCUT2D eigenvalue weighted by atomic mass is 10.3. The standard InChI is InChI=1S/C9H16N2S2/c1-7(2)12-6-9-11-8(3-4-10)5-13-9/h5,7H,3-4,6,10H2,1-2H3. The van der Waals surface area contributed by atoms with Gasteiger partial charge in [0.1, 0.15) is 5.01 Å². The van der Waals surface area contributed by atoms with Crippen molar-refractivity contribution in [3.8, 4) is 0 Å². The lowest BCUT2D eigenvalue weighted by Crippen LogP contribution is -2.02. The van der Waals surface area contributed by atoms with Gasteiger partial charge in [-0.25, -0.2) is 4.98 Å². The van der Waals surface area contributed by atoms with Gasteiger partial charge in [0.05, 0.1) is 5.69 Å². The highest BCUT2D eigenvalue weighted by molar-refractivity contribution is 7.99. The Bertz CT molecular complexity index is 246. The van der Waals surface area contributed by atoms with Gasteiger partial charge >= 0.3 is 0 Å². The quantitative estimate of drug-likeness (QED) is 0.821. The van der Waals surface area contributed by atoms with E-state index >= 15 is 0 Å². The van der Waals surface area contributed by atoms with Gasteiger partial charge in [-0.1, -0.05) is 13.8 Å². The Kier molecular flexibility index (Phi) is 4.77. The van der Waals surface area contributed by atoms with Crippen LogP contribution in [0.1, 0.15) is 24.5 Å². The van der Waals surface area contributed by atoms with E-state index in [9.17, 15) is 0 Å². The first-order chi connectivity index (χ1) is 6.22. The van der Waals surface area contributed by atoms with Gasteiger partial charge in [0.2, 0.25) is 0 Å². The van der Waals surface area contributed by atoms with Crippen LogP contribution in [0.2, 0.25) is 0 Å². The second-order valence-electron chi connectivity index (χ2n) is 3.13. The second kappa shape index (κ2) is 5.62. The minimum absolute atomic E-state index is 0.682. The van der Waals surface area contributed by atoms with E-state index in [0.717, 1.165) is 17.9 Å². The lowest BCUT2D eigenvalue weighted by Gasteiger charge is -2.00. The molecule has 0 atom stereocenters. The fraction of sp³-hybridized carbons (Fsp3) is 0.667. The van der Waals surface area contributed by atoms with Crippen LogP contribution in [0.4, 0.5) is 0 Å². The Hall–Kier alpha value is -0.0600. The van der Waals surface area contributed by atoms with Gasteiger partial charge in [0.15, 0.2) is 0 Å². The number of hydrogen-bond acceptors (Lipinski definition) is 4. The first-order valence-corrected chi connectivity index (χ1v) is 6.40. The molecule has 0 spiro atoms. The van der Waals surface area contributed by atoms with E-state index in [1.54, 1.807) is 11.3 Å². The molecule has 2 nitrogen and oxygen atoms in total. The predicted molar refractivity (Wildman–Crippen MR) is 61.3 cm³/mol. The molecule has 0 saturated heterocycles. The minimum Gasteiger partial charge on any atom is -0.330 e. The Morgan fingerprint density at radius 3 is 3.00 bits per heavy atom. The first kappa shape index (κ1) is 11.0. The Morgan fingerprint density at radius 1 is 1.62 bits per heavy atom. The van der Waals surface area contributed by atoms with Crippen molar-refractivity contribution >= 4 is 23.1 Å². The van der Waals surface area contributed by atoms with Crippen LogP contribution in [0, 0.1) is 0 Å². The molecule has 0 aliphatic heterocycles. The van der Waals surface area contributed by atoms with Crippen molar-refractivity contribution in [1.29, 1.82) is 0 Å². The van der Waals surface area contributed by atoms with Crippen molar-refractivity contribution in [3.63, 3.8) is 0 Å². The number of hydrogen-bond donors (Lipinski definition) is 1. The van der Waals surface area contributed by atoms with Gasteiger partial charge in [-0.05, 0) is 11.8 Å². The summed E-state index contributed by atoms with van der Waals surface area (Å²) in [6.07, 6.45) is 0.906. The van der Waals surface area contributed by atoms with Crippen LogP contribution in [0.25, 0.3) is 0 Å². The number of thiazole rings is 1. The summed E-state index contributed by atoms with van der Waals surface area (Å²) in [4.78, 5) is 4.49. The van der Waals surface area contributed by atoms with Crippen molar-refractivity contribution in [2.45, 2.75) is 31.3 Å². The second-order valence-corrected chi connectivity index (χ2v) is 5.64. The third kappa shape index (κ3) is 4.11. The molecule has 1 aromatic rings. The molecule has 1 heterocycles. The van der Waals surface area contributed by atoms with Crippen molar-refractivity contribution in [2.24, 2.45) is 5.73 Å². The topological polar surface area (TPSA) is 38.9 Å². The fourth-order valence-corrected chi connectivity index (χ4v) is 2.55. The smallest absolute Gasteiger partial charge is 0.103 e. The molecule has 0 unspecified atom stereocenters. The summed E-state index contributed by atoms with van der Waals surface area (Å²) >= 11 is 3.68. The van der Waals surface area contributed by atoms with Gasteiger partial charge in [-0.15, -0.1) is 11.3 Å². The molecule has 0 radical (unpaired) electrons. The Morgan fingerprint density at radius 2 is 2.38 bits per heavy atom. The molecular weight excluding hydrogens is 200 g/mol. The first-order valence-electron chi connectivity index (χ1n) is 4.47. The number of nitrogens with zero attached hydrogens (tertiary/aromatic N) is 1. The van der Waals surface area contributed by atoms with Crippen LogP contribution in [0.3, 0.4) is 0 Å². The lowest BCUT2D eigenvalue weighted by molar-refractivity contribution is 0.927. The molecule has 1 rings (SSSR count). The van der Waals surface area contributed by atoms with Gasteiger partial charge in [0.25, 0.3) is 0 Å². The van der Waals surface area contributed by atoms with E-state index in [2.05, 4.69) is 24.2 Å². The third-order valence-electron chi connectivity index (χ3n) is 1.54. The van der Waals surface area contributed by atoms with Gasteiger partial charge in [-0.2, -0.15) is 11.8 Å². The van der Waals surface area contributed by atoms with Crippen molar-refractivity contribution in [3.05, 3.63) is 16.1 Å². The molecule has 0 bridgehead atoms. The average molecular weight is 216 g/mol. The summed E-state index contributed by atoms with van der Waals surface area (Å²) in [5.74, 6) is 1.03. The third-order valence-corrected chi connectivity index (χ3v) is 3.73. The van der Waals surface area contributed by atoms with Crippen LogP contribution in [-0.2, 0) is 12.2 Å². The van der Waals surface area contributed by atoms with Crippen LogP contribution >= 0.6 is 23.1 Å². The minimum atomic E-state index is 0.682. The van der Waals surface area contributed by atoms with Gasteiger partial charge in [-0.3, -0.25) is 0 Å². The number of nitrogens with two attached hydrogens (primary N) is 1. The molecule has 74 valence electrons. The van der Waals surface area contributed by atoms with E-state index in [0.29, 0.717) is 11.8 Å². The molecule has 4 heteroatoms. The largest absolute Gasteiger partial charge is 0.330 e. The van der Waals surface area contributed by atoms with E-state index in [-0.39, 0.29) is 0 Å². The molecular formula is C9H16N2S2. The van der Waals surface area contributed by atoms with Crippen molar-refractivity contribution < 1.29 is 0 Å². The molecule has 2 N–H and O–H groups in total. The summed E-state index contributed by atoms with van der Waals surface area (Å²) in [5.41, 5.74) is 6.60. The van der Waals surface area contributed by atoms with Crippen LogP contribution in [0.15, 0.2) is 5.38 Å². The number of rotatable bonds is 5. The molecule has 0 aliphatic rings. The molecule has 0 saturated carbocycles. The van der Waals surface area contributed by atoms with Crippen LogP contribution in [-0.4, -0.2) is 16.8 Å². The molecule has 0 fully saturated rings. The molecule has 1 aromatic heterocycles. The zero-order valence-electron chi connectivity index (χ0n) is 8.12. The summed E-state index contributed by atoms with van der Waals surface area (Å²) in [7, 11) is 0. The normalized spacial score (nSPS) is 11.1. The summed E-state index contributed by atoms with van der Waals surface area (Å²) in [6.45, 7) is 5.11. The maximum Gasteiger partial charge on any atom is 0.103 e. The van der Waals surface area contributed by atoms with E-state index in [4.69, 9.17) is 5.73 Å². The highest BCUT2D eigenvalue weighted by atomic mass is 32.2.